The van der Waals surface area contributed by atoms with Crippen LogP contribution < -0.4 is 4.90 Å². The number of ether oxygens (including phenoxy) is 2. The van der Waals surface area contributed by atoms with Crippen molar-refractivity contribution >= 4 is 21.8 Å². The number of morpholine rings is 1. The van der Waals surface area contributed by atoms with E-state index < -0.39 is 10.0 Å². The molecule has 0 atom stereocenters. The van der Waals surface area contributed by atoms with Crippen LogP contribution in [-0.2, 0) is 26.0 Å². The van der Waals surface area contributed by atoms with Gasteiger partial charge < -0.3 is 14.4 Å². The highest BCUT2D eigenvalue weighted by atomic mass is 32.2. The number of benzene rings is 1. The Morgan fingerprint density at radius 3 is 2.47 bits per heavy atom. The van der Waals surface area contributed by atoms with Crippen molar-refractivity contribution in [3.63, 3.8) is 0 Å². The number of nitrogens with zero attached hydrogens (tertiary/aromatic N) is 4. The summed E-state index contributed by atoms with van der Waals surface area (Å²) in [6, 6.07) is 10.9. The number of carbonyl (C=O) groups excluding carboxylic acids is 1. The minimum Gasteiger partial charge on any atom is -0.465 e. The predicted molar refractivity (Wildman–Crippen MR) is 119 cm³/mol. The van der Waals surface area contributed by atoms with Crippen molar-refractivity contribution in [3.05, 3.63) is 53.7 Å². The van der Waals surface area contributed by atoms with Crippen LogP contribution >= 0.6 is 0 Å². The van der Waals surface area contributed by atoms with Crippen molar-refractivity contribution in [2.75, 3.05) is 64.5 Å². The summed E-state index contributed by atoms with van der Waals surface area (Å²) < 4.78 is 37.0. The van der Waals surface area contributed by atoms with Crippen LogP contribution in [0.2, 0.25) is 0 Å². The number of aromatic nitrogens is 1. The van der Waals surface area contributed by atoms with Crippen molar-refractivity contribution in [1.29, 1.82) is 0 Å². The molecule has 0 radical (unpaired) electrons. The lowest BCUT2D eigenvalue weighted by Gasteiger charge is -2.35. The molecule has 0 spiro atoms. The third-order valence-corrected chi connectivity index (χ3v) is 7.66. The largest absolute Gasteiger partial charge is 0.465 e. The second kappa shape index (κ2) is 9.95. The standard InChI is InChI=1S/C22H28N4O5S/c1-30-22(27)19-4-2-3-18(15-19)17-24-7-9-25(10-8-24)21-6-5-20(16-23-21)32(28,29)26-11-13-31-14-12-26/h2-6,15-16H,7-14,17H2,1H3. The summed E-state index contributed by atoms with van der Waals surface area (Å²) in [7, 11) is -2.15. The van der Waals surface area contributed by atoms with Gasteiger partial charge in [-0.1, -0.05) is 12.1 Å². The molecule has 0 N–H and O–H groups in total. The second-order valence-corrected chi connectivity index (χ2v) is 9.76. The van der Waals surface area contributed by atoms with E-state index in [1.54, 1.807) is 18.2 Å². The summed E-state index contributed by atoms with van der Waals surface area (Å²) in [5.74, 6) is 0.445. The lowest BCUT2D eigenvalue weighted by Crippen LogP contribution is -2.46. The molecule has 3 heterocycles. The fourth-order valence-electron chi connectivity index (χ4n) is 3.96. The van der Waals surface area contributed by atoms with E-state index in [1.807, 2.05) is 18.2 Å². The monoisotopic (exact) mass is 460 g/mol. The highest BCUT2D eigenvalue weighted by molar-refractivity contribution is 7.89. The Labute approximate surface area is 188 Å². The summed E-state index contributed by atoms with van der Waals surface area (Å²) in [6.07, 6.45) is 1.45. The maximum Gasteiger partial charge on any atom is 0.337 e. The molecule has 1 aromatic carbocycles. The number of piperazine rings is 1. The molecule has 10 heteroatoms. The molecular weight excluding hydrogens is 432 g/mol. The van der Waals surface area contributed by atoms with E-state index in [4.69, 9.17) is 9.47 Å². The van der Waals surface area contributed by atoms with Crippen LogP contribution in [0.15, 0.2) is 47.5 Å². The van der Waals surface area contributed by atoms with Crippen LogP contribution in [0.1, 0.15) is 15.9 Å². The Bertz CT molecular complexity index is 1030. The Balaban J connectivity index is 1.34. The zero-order chi connectivity index (χ0) is 22.6. The minimum absolute atomic E-state index is 0.215. The van der Waals surface area contributed by atoms with Crippen LogP contribution in [0.3, 0.4) is 0 Å². The molecule has 9 nitrogen and oxygen atoms in total. The summed E-state index contributed by atoms with van der Waals surface area (Å²) in [4.78, 5) is 20.9. The van der Waals surface area contributed by atoms with Crippen molar-refractivity contribution in [2.24, 2.45) is 0 Å². The van der Waals surface area contributed by atoms with Crippen LogP contribution in [0.4, 0.5) is 5.82 Å². The molecule has 2 aliphatic rings. The van der Waals surface area contributed by atoms with Crippen molar-refractivity contribution in [1.82, 2.24) is 14.2 Å². The molecule has 0 amide bonds. The van der Waals surface area contributed by atoms with E-state index in [0.29, 0.717) is 31.9 Å². The van der Waals surface area contributed by atoms with Crippen LogP contribution in [-0.4, -0.2) is 88.2 Å². The van der Waals surface area contributed by atoms with Gasteiger partial charge in [0.2, 0.25) is 10.0 Å². The molecule has 0 bridgehead atoms. The zero-order valence-electron chi connectivity index (χ0n) is 18.1. The summed E-state index contributed by atoms with van der Waals surface area (Å²) in [5, 5.41) is 0. The molecule has 0 unspecified atom stereocenters. The number of carbonyl (C=O) groups is 1. The van der Waals surface area contributed by atoms with Gasteiger partial charge in [-0.15, -0.1) is 0 Å². The molecule has 2 aliphatic heterocycles. The fraction of sp³-hybridized carbons (Fsp3) is 0.455. The first kappa shape index (κ1) is 22.7. The number of sulfonamides is 1. The van der Waals surface area contributed by atoms with Gasteiger partial charge in [0.25, 0.3) is 0 Å². The smallest absolute Gasteiger partial charge is 0.337 e. The molecule has 0 saturated carbocycles. The molecule has 2 aromatic rings. The maximum absolute atomic E-state index is 12.8. The van der Waals surface area contributed by atoms with E-state index >= 15 is 0 Å². The molecule has 1 aromatic heterocycles. The SMILES string of the molecule is COC(=O)c1cccc(CN2CCN(c3ccc(S(=O)(=O)N4CCOCC4)cn3)CC2)c1. The maximum atomic E-state index is 12.8. The van der Waals surface area contributed by atoms with Gasteiger partial charge in [0, 0.05) is 52.0 Å². The molecule has 0 aliphatic carbocycles. The minimum atomic E-state index is -3.53. The van der Waals surface area contributed by atoms with Crippen molar-refractivity contribution < 1.29 is 22.7 Å². The van der Waals surface area contributed by atoms with Gasteiger partial charge in [0.15, 0.2) is 0 Å². The first-order valence-electron chi connectivity index (χ1n) is 10.7. The summed E-state index contributed by atoms with van der Waals surface area (Å²) >= 11 is 0. The molecule has 2 saturated heterocycles. The number of anilines is 1. The van der Waals surface area contributed by atoms with E-state index in [1.165, 1.54) is 17.6 Å². The first-order valence-corrected chi connectivity index (χ1v) is 12.1. The number of methoxy groups -OCH3 is 1. The van der Waals surface area contributed by atoms with E-state index in [-0.39, 0.29) is 10.9 Å². The predicted octanol–water partition coefficient (Wildman–Crippen LogP) is 1.21. The number of hydrogen-bond acceptors (Lipinski definition) is 8. The third-order valence-electron chi connectivity index (χ3n) is 5.78. The van der Waals surface area contributed by atoms with Crippen LogP contribution in [0, 0.1) is 0 Å². The number of pyridine rings is 1. The Hall–Kier alpha value is -2.53. The Morgan fingerprint density at radius 2 is 1.81 bits per heavy atom. The van der Waals surface area contributed by atoms with Gasteiger partial charge in [-0.25, -0.2) is 18.2 Å². The Kier molecular flexibility index (Phi) is 7.04. The van der Waals surface area contributed by atoms with Crippen molar-refractivity contribution in [3.8, 4) is 0 Å². The number of hydrogen-bond donors (Lipinski definition) is 0. The quantitative estimate of drug-likeness (QED) is 0.594. The van der Waals surface area contributed by atoms with Gasteiger partial charge >= 0.3 is 5.97 Å². The van der Waals surface area contributed by atoms with Gasteiger partial charge in [-0.2, -0.15) is 4.31 Å². The average Bonchev–Trinajstić information content (AvgIpc) is 2.85. The highest BCUT2D eigenvalue weighted by Gasteiger charge is 2.27. The fourth-order valence-corrected chi connectivity index (χ4v) is 5.31. The van der Waals surface area contributed by atoms with Gasteiger partial charge in [-0.3, -0.25) is 4.90 Å². The topological polar surface area (TPSA) is 92.3 Å². The summed E-state index contributed by atoms with van der Waals surface area (Å²) in [5.41, 5.74) is 1.62. The van der Waals surface area contributed by atoms with E-state index in [2.05, 4.69) is 14.8 Å². The zero-order valence-corrected chi connectivity index (χ0v) is 19.0. The molecule has 2 fully saturated rings. The number of esters is 1. The van der Waals surface area contributed by atoms with Gasteiger partial charge in [0.05, 0.1) is 25.9 Å². The van der Waals surface area contributed by atoms with Gasteiger partial charge in [0.1, 0.15) is 10.7 Å². The first-order chi connectivity index (χ1) is 15.5. The van der Waals surface area contributed by atoms with E-state index in [9.17, 15) is 13.2 Å². The third kappa shape index (κ3) is 5.09. The molecule has 32 heavy (non-hydrogen) atoms. The normalized spacial score (nSPS) is 18.5. The molecule has 4 rings (SSSR count). The van der Waals surface area contributed by atoms with E-state index in [0.717, 1.165) is 44.1 Å². The lowest BCUT2D eigenvalue weighted by atomic mass is 10.1. The molecular formula is C22H28N4O5S. The highest BCUT2D eigenvalue weighted by Crippen LogP contribution is 2.20. The van der Waals surface area contributed by atoms with Crippen molar-refractivity contribution in [2.45, 2.75) is 11.4 Å². The van der Waals surface area contributed by atoms with Gasteiger partial charge in [-0.05, 0) is 29.8 Å². The van der Waals surface area contributed by atoms with Crippen LogP contribution in [0.5, 0.6) is 0 Å². The summed E-state index contributed by atoms with van der Waals surface area (Å²) in [6.45, 7) is 5.60. The second-order valence-electron chi connectivity index (χ2n) is 7.82. The van der Waals surface area contributed by atoms with Crippen LogP contribution in [0.25, 0.3) is 0 Å². The molecule has 172 valence electrons. The average molecular weight is 461 g/mol. The Morgan fingerprint density at radius 1 is 1.06 bits per heavy atom. The lowest BCUT2D eigenvalue weighted by molar-refractivity contribution is 0.0600. The number of rotatable bonds is 6.